The van der Waals surface area contributed by atoms with Crippen molar-refractivity contribution in [2.24, 2.45) is 5.92 Å². The van der Waals surface area contributed by atoms with E-state index in [1.54, 1.807) is 6.92 Å². The highest BCUT2D eigenvalue weighted by Crippen LogP contribution is 1.95. The summed E-state index contributed by atoms with van der Waals surface area (Å²) in [4.78, 5) is 22.1. The van der Waals surface area contributed by atoms with Gasteiger partial charge in [0.15, 0.2) is 0 Å². The Morgan fingerprint density at radius 2 is 2.00 bits per heavy atom. The quantitative estimate of drug-likeness (QED) is 0.540. The third kappa shape index (κ3) is 5.35. The Balaban J connectivity index is 4.11. The van der Waals surface area contributed by atoms with Crippen molar-refractivity contribution in [2.45, 2.75) is 20.8 Å². The van der Waals surface area contributed by atoms with Crippen molar-refractivity contribution in [2.75, 3.05) is 13.7 Å². The van der Waals surface area contributed by atoms with Crippen LogP contribution >= 0.6 is 0 Å². The highest BCUT2D eigenvalue weighted by Gasteiger charge is 2.06. The van der Waals surface area contributed by atoms with Crippen LogP contribution in [0.1, 0.15) is 20.8 Å². The molecule has 0 aromatic rings. The van der Waals surface area contributed by atoms with Crippen molar-refractivity contribution < 1.29 is 14.3 Å². The van der Waals surface area contributed by atoms with E-state index < -0.39 is 5.97 Å². The van der Waals surface area contributed by atoms with Gasteiger partial charge in [0.05, 0.1) is 7.11 Å². The zero-order valence-electron chi connectivity index (χ0n) is 9.09. The van der Waals surface area contributed by atoms with E-state index in [-0.39, 0.29) is 5.91 Å². The predicted molar refractivity (Wildman–Crippen MR) is 53.6 cm³/mol. The first-order valence-corrected chi connectivity index (χ1v) is 4.51. The van der Waals surface area contributed by atoms with Crippen LogP contribution in [-0.2, 0) is 14.3 Å². The van der Waals surface area contributed by atoms with Crippen LogP contribution in [0.4, 0.5) is 0 Å². The first kappa shape index (κ1) is 12.7. The molecule has 0 aliphatic carbocycles. The van der Waals surface area contributed by atoms with Crippen molar-refractivity contribution >= 4 is 11.9 Å². The molecule has 0 rings (SSSR count). The summed E-state index contributed by atoms with van der Waals surface area (Å²) in [6, 6.07) is 0. The van der Waals surface area contributed by atoms with Gasteiger partial charge in [0.25, 0.3) is 0 Å². The summed E-state index contributed by atoms with van der Waals surface area (Å²) in [6.45, 7) is 6.18. The van der Waals surface area contributed by atoms with Gasteiger partial charge in [0.1, 0.15) is 0 Å². The van der Waals surface area contributed by atoms with Gasteiger partial charge in [0.2, 0.25) is 5.91 Å². The zero-order valence-corrected chi connectivity index (χ0v) is 9.09. The van der Waals surface area contributed by atoms with Gasteiger partial charge < -0.3 is 10.1 Å². The molecule has 4 nitrogen and oxygen atoms in total. The number of nitrogens with one attached hydrogen (secondary N) is 1. The fraction of sp³-hybridized carbons (Fsp3) is 0.600. The fourth-order valence-corrected chi connectivity index (χ4v) is 0.737. The molecule has 0 aliphatic heterocycles. The van der Waals surface area contributed by atoms with Crippen LogP contribution in [0, 0.1) is 5.92 Å². The van der Waals surface area contributed by atoms with Crippen LogP contribution in [0.2, 0.25) is 0 Å². The minimum Gasteiger partial charge on any atom is -0.466 e. The average Bonchev–Trinajstić information content (AvgIpc) is 2.13. The topological polar surface area (TPSA) is 55.4 Å². The van der Waals surface area contributed by atoms with Crippen LogP contribution in [0.25, 0.3) is 0 Å². The molecule has 0 fully saturated rings. The lowest BCUT2D eigenvalue weighted by molar-refractivity contribution is -0.135. The molecule has 0 saturated carbocycles. The van der Waals surface area contributed by atoms with E-state index in [1.165, 1.54) is 13.2 Å². The molecule has 1 amide bonds. The Morgan fingerprint density at radius 1 is 1.43 bits per heavy atom. The number of ether oxygens (including phenoxy) is 1. The second-order valence-electron chi connectivity index (χ2n) is 3.45. The van der Waals surface area contributed by atoms with E-state index in [4.69, 9.17) is 0 Å². The molecule has 80 valence electrons. The lowest BCUT2D eigenvalue weighted by Gasteiger charge is -2.07. The normalized spacial score (nSPS) is 11.4. The first-order valence-electron chi connectivity index (χ1n) is 4.51. The van der Waals surface area contributed by atoms with Crippen LogP contribution in [-0.4, -0.2) is 25.5 Å². The maximum absolute atomic E-state index is 11.3. The zero-order chi connectivity index (χ0) is 11.1. The molecular formula is C10H17NO3. The fourth-order valence-electron chi connectivity index (χ4n) is 0.737. The number of esters is 1. The molecule has 14 heavy (non-hydrogen) atoms. The van der Waals surface area contributed by atoms with Gasteiger partial charge in [-0.15, -0.1) is 0 Å². The molecule has 0 radical (unpaired) electrons. The van der Waals surface area contributed by atoms with E-state index in [0.717, 1.165) is 0 Å². The van der Waals surface area contributed by atoms with Crippen LogP contribution in [0.15, 0.2) is 11.6 Å². The molecule has 0 aliphatic rings. The summed E-state index contributed by atoms with van der Waals surface area (Å²) in [5, 5.41) is 2.70. The highest BCUT2D eigenvalue weighted by atomic mass is 16.5. The Labute approximate surface area is 84.3 Å². The molecule has 0 saturated heterocycles. The van der Waals surface area contributed by atoms with E-state index in [0.29, 0.717) is 18.0 Å². The van der Waals surface area contributed by atoms with Crippen molar-refractivity contribution in [1.82, 2.24) is 5.32 Å². The maximum Gasteiger partial charge on any atom is 0.330 e. The minimum atomic E-state index is -0.512. The second-order valence-corrected chi connectivity index (χ2v) is 3.45. The van der Waals surface area contributed by atoms with E-state index in [2.05, 4.69) is 10.1 Å². The van der Waals surface area contributed by atoms with E-state index in [9.17, 15) is 9.59 Å². The van der Waals surface area contributed by atoms with Gasteiger partial charge in [-0.05, 0) is 12.8 Å². The minimum absolute atomic E-state index is 0.232. The van der Waals surface area contributed by atoms with Crippen molar-refractivity contribution in [1.29, 1.82) is 0 Å². The monoisotopic (exact) mass is 199 g/mol. The average molecular weight is 199 g/mol. The van der Waals surface area contributed by atoms with Crippen LogP contribution < -0.4 is 5.32 Å². The Morgan fingerprint density at radius 3 is 2.43 bits per heavy atom. The first-order chi connectivity index (χ1) is 6.47. The molecule has 0 spiro atoms. The summed E-state index contributed by atoms with van der Waals surface area (Å²) in [6.07, 6.45) is 1.18. The van der Waals surface area contributed by atoms with Gasteiger partial charge in [0, 0.05) is 18.2 Å². The number of hydrogen-bond acceptors (Lipinski definition) is 3. The summed E-state index contributed by atoms with van der Waals surface area (Å²) in [5.41, 5.74) is 0.359. The highest BCUT2D eigenvalue weighted by molar-refractivity contribution is 5.98. The summed E-state index contributed by atoms with van der Waals surface area (Å²) < 4.78 is 4.40. The number of rotatable bonds is 4. The van der Waals surface area contributed by atoms with Gasteiger partial charge >= 0.3 is 5.97 Å². The largest absolute Gasteiger partial charge is 0.466 e. The van der Waals surface area contributed by atoms with Gasteiger partial charge in [-0.25, -0.2) is 4.79 Å². The molecule has 0 aromatic carbocycles. The molecule has 0 heterocycles. The van der Waals surface area contributed by atoms with Crippen LogP contribution in [0.5, 0.6) is 0 Å². The lowest BCUT2D eigenvalue weighted by atomic mass is 10.2. The van der Waals surface area contributed by atoms with Crippen LogP contribution in [0.3, 0.4) is 0 Å². The predicted octanol–water partition coefficient (Wildman–Crippen LogP) is 0.878. The Hall–Kier alpha value is -1.32. The molecular weight excluding hydrogens is 182 g/mol. The third-order valence-electron chi connectivity index (χ3n) is 1.56. The molecule has 0 unspecified atom stereocenters. The number of hydrogen-bond donors (Lipinski definition) is 1. The Kier molecular flexibility index (Phi) is 5.60. The standard InChI is InChI=1S/C10H17NO3/c1-7(2)6-11-10(13)8(3)5-9(12)14-4/h5,7H,6H2,1-4H3,(H,11,13)/b8-5+. The Bertz CT molecular complexity index is 244. The summed E-state index contributed by atoms with van der Waals surface area (Å²) in [5.74, 6) is -0.351. The molecule has 0 bridgehead atoms. The third-order valence-corrected chi connectivity index (χ3v) is 1.56. The van der Waals surface area contributed by atoms with Gasteiger partial charge in [-0.2, -0.15) is 0 Å². The smallest absolute Gasteiger partial charge is 0.330 e. The SMILES string of the molecule is COC(=O)/C=C(\C)C(=O)NCC(C)C. The molecule has 4 heteroatoms. The maximum atomic E-state index is 11.3. The number of methoxy groups -OCH3 is 1. The summed E-state index contributed by atoms with van der Waals surface area (Å²) in [7, 11) is 1.28. The van der Waals surface area contributed by atoms with Gasteiger partial charge in [-0.1, -0.05) is 13.8 Å². The number of carbonyl (C=O) groups is 2. The molecule has 0 aromatic heterocycles. The summed E-state index contributed by atoms with van der Waals surface area (Å²) >= 11 is 0. The van der Waals surface area contributed by atoms with Crippen molar-refractivity contribution in [3.63, 3.8) is 0 Å². The second kappa shape index (κ2) is 6.18. The van der Waals surface area contributed by atoms with E-state index >= 15 is 0 Å². The lowest BCUT2D eigenvalue weighted by Crippen LogP contribution is -2.28. The van der Waals surface area contributed by atoms with E-state index in [1.807, 2.05) is 13.8 Å². The van der Waals surface area contributed by atoms with Gasteiger partial charge in [-0.3, -0.25) is 4.79 Å². The molecule has 0 atom stereocenters. The number of amides is 1. The molecule has 1 N–H and O–H groups in total. The van der Waals surface area contributed by atoms with Crippen molar-refractivity contribution in [3.8, 4) is 0 Å². The van der Waals surface area contributed by atoms with Crippen molar-refractivity contribution in [3.05, 3.63) is 11.6 Å². The number of carbonyl (C=O) groups excluding carboxylic acids is 2.